The Morgan fingerprint density at radius 3 is 0.667 bits per heavy atom. The van der Waals surface area contributed by atoms with Gasteiger partial charge < -0.3 is 14.2 Å². The SMILES string of the molecule is CCC(C)CCCCCCCCCCCCCCCCCCCCC(=O)O[C@H](COC(=O)CCCCCCCCCCCCCCCCCCCCC(C)C)COC(=O)CCCCCCCCCCCCCCCCC(C)C. The summed E-state index contributed by atoms with van der Waals surface area (Å²) in [6.45, 7) is 13.9. The first-order chi connectivity index (χ1) is 38.1. The lowest BCUT2D eigenvalue weighted by molar-refractivity contribution is -0.167. The zero-order valence-electron chi connectivity index (χ0n) is 54.0. The van der Waals surface area contributed by atoms with Gasteiger partial charge in [0.05, 0.1) is 0 Å². The molecule has 0 heterocycles. The Bertz CT molecular complexity index is 1210. The van der Waals surface area contributed by atoms with Crippen molar-refractivity contribution in [3.8, 4) is 0 Å². The van der Waals surface area contributed by atoms with Gasteiger partial charge in [-0.2, -0.15) is 0 Å². The summed E-state index contributed by atoms with van der Waals surface area (Å²) in [5.74, 6) is 1.79. The van der Waals surface area contributed by atoms with Crippen molar-refractivity contribution in [2.24, 2.45) is 17.8 Å². The summed E-state index contributed by atoms with van der Waals surface area (Å²) < 4.78 is 17.0. The Balaban J connectivity index is 4.27. The van der Waals surface area contributed by atoms with Crippen LogP contribution in [-0.4, -0.2) is 37.2 Å². The molecule has 0 aromatic rings. The summed E-state index contributed by atoms with van der Waals surface area (Å²) in [6, 6.07) is 0. The molecule has 0 aromatic carbocycles. The lowest BCUT2D eigenvalue weighted by atomic mass is 9.99. The fraction of sp³-hybridized carbons (Fsp3) is 0.958. The second-order valence-electron chi connectivity index (χ2n) is 26.1. The van der Waals surface area contributed by atoms with Crippen molar-refractivity contribution in [2.75, 3.05) is 13.2 Å². The molecule has 0 aliphatic rings. The molecular formula is C72H140O6. The summed E-state index contributed by atoms with van der Waals surface area (Å²) in [7, 11) is 0. The maximum atomic E-state index is 13.0. The van der Waals surface area contributed by atoms with Gasteiger partial charge in [-0.1, -0.05) is 369 Å². The summed E-state index contributed by atoms with van der Waals surface area (Å²) in [5, 5.41) is 0. The van der Waals surface area contributed by atoms with Crippen LogP contribution in [0.2, 0.25) is 0 Å². The molecule has 0 spiro atoms. The molecule has 0 radical (unpaired) electrons. The van der Waals surface area contributed by atoms with E-state index in [0.29, 0.717) is 19.3 Å². The van der Waals surface area contributed by atoms with Crippen molar-refractivity contribution >= 4 is 17.9 Å². The summed E-state index contributed by atoms with van der Waals surface area (Å²) in [6.07, 6.45) is 71.1. The lowest BCUT2D eigenvalue weighted by Crippen LogP contribution is -2.30. The smallest absolute Gasteiger partial charge is 0.306 e. The van der Waals surface area contributed by atoms with Gasteiger partial charge in [-0.05, 0) is 37.0 Å². The van der Waals surface area contributed by atoms with Crippen LogP contribution in [-0.2, 0) is 28.6 Å². The molecule has 0 aliphatic heterocycles. The van der Waals surface area contributed by atoms with Crippen LogP contribution in [0.25, 0.3) is 0 Å². The maximum absolute atomic E-state index is 13.0. The lowest BCUT2D eigenvalue weighted by Gasteiger charge is -2.18. The molecule has 0 aromatic heterocycles. The summed E-state index contributed by atoms with van der Waals surface area (Å²) in [4.78, 5) is 38.5. The highest BCUT2D eigenvalue weighted by Crippen LogP contribution is 2.20. The third-order valence-corrected chi connectivity index (χ3v) is 17.0. The highest BCUT2D eigenvalue weighted by Gasteiger charge is 2.20. The van der Waals surface area contributed by atoms with E-state index in [1.807, 2.05) is 0 Å². The fourth-order valence-corrected chi connectivity index (χ4v) is 11.3. The minimum atomic E-state index is -0.765. The second kappa shape index (κ2) is 63.0. The van der Waals surface area contributed by atoms with E-state index < -0.39 is 6.10 Å². The van der Waals surface area contributed by atoms with Gasteiger partial charge in [-0.15, -0.1) is 0 Å². The molecule has 6 heteroatoms. The molecule has 1 unspecified atom stereocenters. The zero-order valence-corrected chi connectivity index (χ0v) is 54.0. The van der Waals surface area contributed by atoms with E-state index in [-0.39, 0.29) is 31.1 Å². The van der Waals surface area contributed by atoms with Gasteiger partial charge in [0.25, 0.3) is 0 Å². The van der Waals surface area contributed by atoms with Crippen LogP contribution in [0.4, 0.5) is 0 Å². The van der Waals surface area contributed by atoms with E-state index in [1.54, 1.807) is 0 Å². The molecule has 0 saturated heterocycles. The van der Waals surface area contributed by atoms with Gasteiger partial charge in [0.2, 0.25) is 0 Å². The Labute approximate surface area is 488 Å². The average molecular weight is 1100 g/mol. The second-order valence-corrected chi connectivity index (χ2v) is 26.1. The number of hydrogen-bond acceptors (Lipinski definition) is 6. The van der Waals surface area contributed by atoms with Crippen molar-refractivity contribution in [1.29, 1.82) is 0 Å². The van der Waals surface area contributed by atoms with Gasteiger partial charge in [0, 0.05) is 19.3 Å². The highest BCUT2D eigenvalue weighted by molar-refractivity contribution is 5.71. The van der Waals surface area contributed by atoms with Crippen molar-refractivity contribution < 1.29 is 28.6 Å². The van der Waals surface area contributed by atoms with Gasteiger partial charge >= 0.3 is 17.9 Å². The van der Waals surface area contributed by atoms with Gasteiger partial charge in [-0.25, -0.2) is 0 Å². The zero-order chi connectivity index (χ0) is 56.9. The topological polar surface area (TPSA) is 78.9 Å². The number of carbonyl (C=O) groups excluding carboxylic acids is 3. The quantitative estimate of drug-likeness (QED) is 0.0343. The van der Waals surface area contributed by atoms with E-state index in [0.717, 1.165) is 75.5 Å². The van der Waals surface area contributed by atoms with Gasteiger partial charge in [0.1, 0.15) is 13.2 Å². The first-order valence-corrected chi connectivity index (χ1v) is 35.6. The van der Waals surface area contributed by atoms with E-state index in [2.05, 4.69) is 41.5 Å². The molecule has 0 aliphatic carbocycles. The predicted molar refractivity (Wildman–Crippen MR) is 339 cm³/mol. The number of ether oxygens (including phenoxy) is 3. The minimum absolute atomic E-state index is 0.0617. The monoisotopic (exact) mass is 1100 g/mol. The van der Waals surface area contributed by atoms with E-state index in [1.165, 1.54) is 289 Å². The van der Waals surface area contributed by atoms with Gasteiger partial charge in [-0.3, -0.25) is 14.4 Å². The number of carbonyl (C=O) groups is 3. The van der Waals surface area contributed by atoms with Crippen molar-refractivity contribution in [1.82, 2.24) is 0 Å². The fourth-order valence-electron chi connectivity index (χ4n) is 11.3. The van der Waals surface area contributed by atoms with Crippen LogP contribution >= 0.6 is 0 Å². The molecule has 0 N–H and O–H groups in total. The Kier molecular flexibility index (Phi) is 61.7. The molecule has 6 nitrogen and oxygen atoms in total. The van der Waals surface area contributed by atoms with Crippen LogP contribution in [0.15, 0.2) is 0 Å². The highest BCUT2D eigenvalue weighted by atomic mass is 16.6. The normalized spacial score (nSPS) is 12.5. The molecule has 2 atom stereocenters. The third kappa shape index (κ3) is 63.6. The number of esters is 3. The molecular weight excluding hydrogens is 961 g/mol. The van der Waals surface area contributed by atoms with Crippen molar-refractivity contribution in [3.63, 3.8) is 0 Å². The van der Waals surface area contributed by atoms with Crippen molar-refractivity contribution in [2.45, 2.75) is 414 Å². The standard InChI is InChI=1S/C72H140O6/c1-7-68(6)60-54-48-42-36-30-24-17-13-9-11-15-19-27-33-39-45-51-57-63-72(75)78-69(65-77-71(74)62-56-50-44-38-32-26-21-20-23-29-35-41-47-53-59-67(4)5)64-76-70(73)61-55-49-43-37-31-25-18-14-10-8-12-16-22-28-34-40-46-52-58-66(2)3/h66-69H,7-65H2,1-6H3/t68?,69-/m1/s1. The molecule has 78 heavy (non-hydrogen) atoms. The molecule has 0 saturated carbocycles. The molecule has 0 rings (SSSR count). The minimum Gasteiger partial charge on any atom is -0.462 e. The van der Waals surface area contributed by atoms with Crippen LogP contribution in [0.5, 0.6) is 0 Å². The molecule has 0 bridgehead atoms. The van der Waals surface area contributed by atoms with Crippen molar-refractivity contribution in [3.05, 3.63) is 0 Å². The summed E-state index contributed by atoms with van der Waals surface area (Å²) >= 11 is 0. The summed E-state index contributed by atoms with van der Waals surface area (Å²) in [5.41, 5.74) is 0. The third-order valence-electron chi connectivity index (χ3n) is 17.0. The van der Waals surface area contributed by atoms with Gasteiger partial charge in [0.15, 0.2) is 6.10 Å². The van der Waals surface area contributed by atoms with E-state index >= 15 is 0 Å². The van der Waals surface area contributed by atoms with Crippen LogP contribution in [0, 0.1) is 17.8 Å². The number of unbranched alkanes of at least 4 members (excludes halogenated alkanes) is 47. The Hall–Kier alpha value is -1.59. The van der Waals surface area contributed by atoms with E-state index in [4.69, 9.17) is 14.2 Å². The maximum Gasteiger partial charge on any atom is 0.306 e. The van der Waals surface area contributed by atoms with Crippen LogP contribution in [0.1, 0.15) is 408 Å². The van der Waals surface area contributed by atoms with Crippen LogP contribution < -0.4 is 0 Å². The Morgan fingerprint density at radius 2 is 0.449 bits per heavy atom. The average Bonchev–Trinajstić information content (AvgIpc) is 3.42. The molecule has 0 amide bonds. The van der Waals surface area contributed by atoms with E-state index in [9.17, 15) is 14.4 Å². The molecule has 0 fully saturated rings. The predicted octanol–water partition coefficient (Wildman–Crippen LogP) is 24.2. The first kappa shape index (κ1) is 76.4. The largest absolute Gasteiger partial charge is 0.462 e. The molecule has 464 valence electrons. The first-order valence-electron chi connectivity index (χ1n) is 35.6. The Morgan fingerprint density at radius 1 is 0.256 bits per heavy atom. The number of rotatable bonds is 65. The number of hydrogen-bond donors (Lipinski definition) is 0. The van der Waals surface area contributed by atoms with Crippen LogP contribution in [0.3, 0.4) is 0 Å².